The Morgan fingerprint density at radius 3 is 2.21 bits per heavy atom. The third-order valence-electron chi connectivity index (χ3n) is 7.82. The summed E-state index contributed by atoms with van der Waals surface area (Å²) in [5, 5.41) is 9.89. The molecule has 1 aliphatic rings. The molecule has 43 heavy (non-hydrogen) atoms. The average Bonchev–Trinajstić information content (AvgIpc) is 3.44. The number of hydrogen-bond acceptors (Lipinski definition) is 6. The fraction of sp³-hybridized carbons (Fsp3) is 0.353. The van der Waals surface area contributed by atoms with Crippen molar-refractivity contribution in [2.24, 2.45) is 0 Å². The van der Waals surface area contributed by atoms with Crippen LogP contribution in [0.1, 0.15) is 36.5 Å². The molecule has 0 radical (unpaired) electrons. The van der Waals surface area contributed by atoms with E-state index in [0.29, 0.717) is 32.5 Å². The summed E-state index contributed by atoms with van der Waals surface area (Å²) in [5.74, 6) is 2.55. The molecule has 1 aliphatic heterocycles. The van der Waals surface area contributed by atoms with Crippen molar-refractivity contribution in [2.45, 2.75) is 51.2 Å². The Morgan fingerprint density at radius 1 is 0.884 bits per heavy atom. The van der Waals surface area contributed by atoms with E-state index >= 15 is 0 Å². The van der Waals surface area contributed by atoms with E-state index in [0.717, 1.165) is 45.7 Å². The summed E-state index contributed by atoms with van der Waals surface area (Å²) in [6.45, 7) is 7.84. The van der Waals surface area contributed by atoms with E-state index in [9.17, 15) is 9.59 Å². The molecule has 0 saturated carbocycles. The van der Waals surface area contributed by atoms with E-state index in [1.165, 1.54) is 11.1 Å². The fourth-order valence-electron chi connectivity index (χ4n) is 5.30. The maximum absolute atomic E-state index is 13.1. The molecule has 1 fully saturated rings. The zero-order valence-electron chi connectivity index (χ0n) is 25.3. The summed E-state index contributed by atoms with van der Waals surface area (Å²) in [6, 6.07) is 24.2. The lowest BCUT2D eigenvalue weighted by molar-refractivity contribution is -0.142. The van der Waals surface area contributed by atoms with Crippen molar-refractivity contribution in [2.75, 3.05) is 32.5 Å². The third kappa shape index (κ3) is 7.46. The zero-order valence-corrected chi connectivity index (χ0v) is 26.1. The number of benzene rings is 3. The van der Waals surface area contributed by atoms with Crippen LogP contribution in [0.3, 0.4) is 0 Å². The molecule has 1 saturated heterocycles. The Labute approximate surface area is 258 Å². The topological polar surface area (TPSA) is 80.6 Å². The second-order valence-corrected chi connectivity index (χ2v) is 12.2. The third-order valence-corrected chi connectivity index (χ3v) is 8.83. The molecule has 3 aromatic carbocycles. The molecule has 8 nitrogen and oxygen atoms in total. The van der Waals surface area contributed by atoms with Crippen LogP contribution < -0.4 is 4.74 Å². The van der Waals surface area contributed by atoms with E-state index in [1.807, 2.05) is 41.0 Å². The molecule has 2 amide bonds. The largest absolute Gasteiger partial charge is 0.497 e. The summed E-state index contributed by atoms with van der Waals surface area (Å²) < 4.78 is 7.30. The number of piperazine rings is 1. The zero-order chi connectivity index (χ0) is 30.3. The van der Waals surface area contributed by atoms with E-state index in [1.54, 1.807) is 18.9 Å². The molecule has 224 valence electrons. The van der Waals surface area contributed by atoms with Crippen LogP contribution in [0.4, 0.5) is 0 Å². The summed E-state index contributed by atoms with van der Waals surface area (Å²) in [5.41, 5.74) is 5.37. The standard InChI is InChI=1S/C34H39N5O3S/c1-24-7-13-28(14-8-24)33-35-36-34(39(33)29-15-9-25(2)10-16-29)43-21-5-6-31(40)37-19-20-38(26(3)23-37)32(41)22-27-11-17-30(42-4)18-12-27/h7-18,26H,5-6,19-23H2,1-4H3. The van der Waals surface area contributed by atoms with Gasteiger partial charge in [-0.05, 0) is 57.0 Å². The minimum atomic E-state index is -0.0221. The summed E-state index contributed by atoms with van der Waals surface area (Å²) in [6.07, 6.45) is 1.54. The second kappa shape index (κ2) is 13.9. The van der Waals surface area contributed by atoms with E-state index in [-0.39, 0.29) is 17.9 Å². The van der Waals surface area contributed by atoms with Gasteiger partial charge in [-0.1, -0.05) is 71.4 Å². The van der Waals surface area contributed by atoms with Crippen molar-refractivity contribution in [3.8, 4) is 22.8 Å². The molecule has 0 aliphatic carbocycles. The van der Waals surface area contributed by atoms with Gasteiger partial charge in [-0.15, -0.1) is 10.2 Å². The quantitative estimate of drug-likeness (QED) is 0.172. The molecular weight excluding hydrogens is 558 g/mol. The number of amides is 2. The molecule has 9 heteroatoms. The van der Waals surface area contributed by atoms with Crippen LogP contribution in [0.2, 0.25) is 0 Å². The molecule has 4 aromatic rings. The highest BCUT2D eigenvalue weighted by atomic mass is 32.2. The highest BCUT2D eigenvalue weighted by molar-refractivity contribution is 7.99. The number of methoxy groups -OCH3 is 1. The summed E-state index contributed by atoms with van der Waals surface area (Å²) >= 11 is 1.62. The Morgan fingerprint density at radius 2 is 1.56 bits per heavy atom. The Balaban J connectivity index is 1.14. The van der Waals surface area contributed by atoms with Crippen molar-refractivity contribution in [1.82, 2.24) is 24.6 Å². The molecule has 2 heterocycles. The van der Waals surface area contributed by atoms with Gasteiger partial charge in [0, 0.05) is 49.1 Å². The normalized spacial score (nSPS) is 15.0. The van der Waals surface area contributed by atoms with Crippen molar-refractivity contribution in [3.63, 3.8) is 0 Å². The highest BCUT2D eigenvalue weighted by Crippen LogP contribution is 2.29. The lowest BCUT2D eigenvalue weighted by Crippen LogP contribution is -2.55. The van der Waals surface area contributed by atoms with Gasteiger partial charge in [0.25, 0.3) is 0 Å². The molecule has 5 rings (SSSR count). The number of carbonyl (C=O) groups excluding carboxylic acids is 2. The Bertz CT molecular complexity index is 1530. The van der Waals surface area contributed by atoms with E-state index in [4.69, 9.17) is 4.74 Å². The highest BCUT2D eigenvalue weighted by Gasteiger charge is 2.29. The van der Waals surface area contributed by atoms with Gasteiger partial charge in [-0.2, -0.15) is 0 Å². The fourth-order valence-corrected chi connectivity index (χ4v) is 6.19. The number of carbonyl (C=O) groups is 2. The van der Waals surface area contributed by atoms with Gasteiger partial charge in [-0.3, -0.25) is 14.2 Å². The summed E-state index contributed by atoms with van der Waals surface area (Å²) in [7, 11) is 1.63. The van der Waals surface area contributed by atoms with Crippen LogP contribution in [0.15, 0.2) is 78.0 Å². The molecule has 1 unspecified atom stereocenters. The number of aromatic nitrogens is 3. The van der Waals surface area contributed by atoms with Gasteiger partial charge < -0.3 is 14.5 Å². The van der Waals surface area contributed by atoms with Crippen LogP contribution >= 0.6 is 11.8 Å². The minimum Gasteiger partial charge on any atom is -0.497 e. The molecule has 0 bridgehead atoms. The van der Waals surface area contributed by atoms with E-state index < -0.39 is 0 Å². The predicted octanol–water partition coefficient (Wildman–Crippen LogP) is 5.73. The maximum atomic E-state index is 13.1. The van der Waals surface area contributed by atoms with E-state index in [2.05, 4.69) is 77.1 Å². The van der Waals surface area contributed by atoms with Gasteiger partial charge in [0.15, 0.2) is 11.0 Å². The number of rotatable bonds is 10. The lowest BCUT2D eigenvalue weighted by Gasteiger charge is -2.40. The maximum Gasteiger partial charge on any atom is 0.227 e. The number of ether oxygens (including phenoxy) is 1. The number of hydrogen-bond donors (Lipinski definition) is 0. The van der Waals surface area contributed by atoms with Crippen molar-refractivity contribution in [3.05, 3.63) is 89.5 Å². The van der Waals surface area contributed by atoms with Crippen LogP contribution in [0.25, 0.3) is 17.1 Å². The van der Waals surface area contributed by atoms with Crippen molar-refractivity contribution in [1.29, 1.82) is 0 Å². The number of aryl methyl sites for hydroxylation is 2. The smallest absolute Gasteiger partial charge is 0.227 e. The van der Waals surface area contributed by atoms with Gasteiger partial charge in [-0.25, -0.2) is 0 Å². The second-order valence-electron chi connectivity index (χ2n) is 11.1. The monoisotopic (exact) mass is 597 g/mol. The molecule has 0 N–H and O–H groups in total. The molecular formula is C34H39N5O3S. The Kier molecular flexibility index (Phi) is 9.82. The van der Waals surface area contributed by atoms with Crippen LogP contribution in [-0.2, 0) is 16.0 Å². The average molecular weight is 598 g/mol. The van der Waals surface area contributed by atoms with Gasteiger partial charge >= 0.3 is 0 Å². The molecule has 1 atom stereocenters. The first kappa shape index (κ1) is 30.4. The lowest BCUT2D eigenvalue weighted by atomic mass is 10.1. The van der Waals surface area contributed by atoms with Crippen LogP contribution in [0, 0.1) is 13.8 Å². The SMILES string of the molecule is COc1ccc(CC(=O)N2CCN(C(=O)CCCSc3nnc(-c4ccc(C)cc4)n3-c3ccc(C)cc3)CC2C)cc1. The van der Waals surface area contributed by atoms with Crippen molar-refractivity contribution >= 4 is 23.6 Å². The van der Waals surface area contributed by atoms with Gasteiger partial charge in [0.05, 0.1) is 13.5 Å². The predicted molar refractivity (Wildman–Crippen MR) is 171 cm³/mol. The van der Waals surface area contributed by atoms with Gasteiger partial charge in [0.2, 0.25) is 11.8 Å². The van der Waals surface area contributed by atoms with Crippen LogP contribution in [0.5, 0.6) is 5.75 Å². The first-order valence-electron chi connectivity index (χ1n) is 14.7. The Hall–Kier alpha value is -4.11. The van der Waals surface area contributed by atoms with Gasteiger partial charge in [0.1, 0.15) is 5.75 Å². The first-order valence-corrected chi connectivity index (χ1v) is 15.7. The number of nitrogens with zero attached hydrogens (tertiary/aromatic N) is 5. The summed E-state index contributed by atoms with van der Waals surface area (Å²) in [4.78, 5) is 29.9. The first-order chi connectivity index (χ1) is 20.8. The number of thioether (sulfide) groups is 1. The van der Waals surface area contributed by atoms with Crippen LogP contribution in [-0.4, -0.2) is 74.9 Å². The molecule has 0 spiro atoms. The molecule has 1 aromatic heterocycles. The minimum absolute atomic E-state index is 0.0221. The van der Waals surface area contributed by atoms with Crippen molar-refractivity contribution < 1.29 is 14.3 Å².